The molecular weight excluding hydrogens is 482 g/mol. The van der Waals surface area contributed by atoms with Crippen LogP contribution in [-0.4, -0.2) is 66.4 Å². The van der Waals surface area contributed by atoms with Crippen molar-refractivity contribution in [3.05, 3.63) is 29.5 Å². The number of carbonyl (C=O) groups is 1. The van der Waals surface area contributed by atoms with Crippen LogP contribution in [0.25, 0.3) is 0 Å². The number of nitrogens with one attached hydrogen (secondary N) is 3. The monoisotopic (exact) mass is 515 g/mol. The van der Waals surface area contributed by atoms with Crippen molar-refractivity contribution in [2.24, 2.45) is 11.3 Å². The number of aliphatic hydroxyl groups excluding tert-OH is 1. The van der Waals surface area contributed by atoms with Crippen molar-refractivity contribution in [3.63, 3.8) is 0 Å². The molecule has 11 nitrogen and oxygen atoms in total. The van der Waals surface area contributed by atoms with E-state index in [-0.39, 0.29) is 11.7 Å². The summed E-state index contributed by atoms with van der Waals surface area (Å²) in [6, 6.07) is 4.78. The van der Waals surface area contributed by atoms with Gasteiger partial charge in [-0.1, -0.05) is 6.42 Å². The Morgan fingerprint density at radius 2 is 2.03 bits per heavy atom. The summed E-state index contributed by atoms with van der Waals surface area (Å²) in [7, 11) is -3.75. The lowest BCUT2D eigenvalue weighted by molar-refractivity contribution is 0.102. The van der Waals surface area contributed by atoms with Crippen molar-refractivity contribution in [1.82, 2.24) is 15.0 Å². The van der Waals surface area contributed by atoms with Crippen LogP contribution in [0.2, 0.25) is 0 Å². The van der Waals surface area contributed by atoms with Gasteiger partial charge in [-0.15, -0.1) is 0 Å². The molecule has 1 saturated carbocycles. The van der Waals surface area contributed by atoms with Gasteiger partial charge >= 0.3 is 0 Å². The number of amides is 1. The van der Waals surface area contributed by atoms with E-state index < -0.39 is 22.4 Å². The number of rotatable bonds is 4. The highest BCUT2D eigenvalue weighted by atomic mass is 32.2. The maximum Gasteiger partial charge on any atom is 0.260 e. The first kappa shape index (κ1) is 24.7. The quantitative estimate of drug-likeness (QED) is 0.481. The molecule has 2 fully saturated rings. The van der Waals surface area contributed by atoms with E-state index >= 15 is 0 Å². The van der Waals surface area contributed by atoms with Gasteiger partial charge in [-0.2, -0.15) is 4.98 Å². The number of carbonyl (C=O) groups excluding carboxylic acids is 1. The predicted molar refractivity (Wildman–Crippen MR) is 138 cm³/mol. The Morgan fingerprint density at radius 1 is 1.19 bits per heavy atom. The smallest absolute Gasteiger partial charge is 0.260 e. The van der Waals surface area contributed by atoms with Crippen LogP contribution < -0.4 is 20.3 Å². The fourth-order valence-electron chi connectivity index (χ4n) is 5.39. The van der Waals surface area contributed by atoms with E-state index in [4.69, 9.17) is 5.11 Å². The molecule has 36 heavy (non-hydrogen) atoms. The third-order valence-corrected chi connectivity index (χ3v) is 8.72. The Balaban J connectivity index is 1.52. The second-order valence-electron chi connectivity index (χ2n) is 10.1. The van der Waals surface area contributed by atoms with E-state index in [1.807, 2.05) is 6.92 Å². The molecule has 1 spiro atoms. The molecule has 2 aromatic heterocycles. The minimum atomic E-state index is -3.75. The summed E-state index contributed by atoms with van der Waals surface area (Å²) in [6.07, 6.45) is 6.67. The maximum absolute atomic E-state index is 13.4. The number of aryl methyl sites for hydroxylation is 1. The Kier molecular flexibility index (Phi) is 6.73. The van der Waals surface area contributed by atoms with E-state index in [1.54, 1.807) is 12.1 Å². The number of piperidine rings is 1. The van der Waals surface area contributed by atoms with Crippen molar-refractivity contribution in [2.75, 3.05) is 52.2 Å². The summed E-state index contributed by atoms with van der Waals surface area (Å²) in [5, 5.41) is 15.2. The second-order valence-corrected chi connectivity index (χ2v) is 11.9. The molecule has 0 aromatic carbocycles. The van der Waals surface area contributed by atoms with Gasteiger partial charge in [0.1, 0.15) is 17.5 Å². The first-order chi connectivity index (χ1) is 17.3. The van der Waals surface area contributed by atoms with Crippen molar-refractivity contribution < 1.29 is 18.3 Å². The van der Waals surface area contributed by atoms with Gasteiger partial charge in [0.25, 0.3) is 5.91 Å². The third kappa shape index (κ3) is 5.39. The number of hydrogen-bond acceptors (Lipinski definition) is 9. The molecule has 12 heteroatoms. The number of hydrogen-bond donors (Lipinski definition) is 4. The Hall–Kier alpha value is -2.99. The molecule has 194 valence electrons. The van der Waals surface area contributed by atoms with Gasteiger partial charge in [-0.05, 0) is 62.5 Å². The number of sulfonamides is 1. The summed E-state index contributed by atoms with van der Waals surface area (Å²) < 4.78 is 26.9. The minimum absolute atomic E-state index is 0.126. The molecule has 2 aliphatic heterocycles. The normalized spacial score (nSPS) is 21.4. The number of aromatic nitrogens is 3. The first-order valence-corrected chi connectivity index (χ1v) is 14.2. The number of fused-ring (bicyclic) bond motifs is 7. The van der Waals surface area contributed by atoms with Crippen LogP contribution in [-0.2, 0) is 10.0 Å². The van der Waals surface area contributed by atoms with E-state index in [1.165, 1.54) is 18.9 Å². The van der Waals surface area contributed by atoms with E-state index in [0.29, 0.717) is 34.5 Å². The van der Waals surface area contributed by atoms with Crippen LogP contribution in [0.3, 0.4) is 0 Å². The van der Waals surface area contributed by atoms with Crippen LogP contribution >= 0.6 is 0 Å². The molecule has 3 aliphatic rings. The van der Waals surface area contributed by atoms with Gasteiger partial charge in [-0.3, -0.25) is 9.52 Å². The molecule has 5 rings (SSSR count). The first-order valence-electron chi connectivity index (χ1n) is 12.6. The lowest BCUT2D eigenvalue weighted by atomic mass is 9.79. The van der Waals surface area contributed by atoms with Crippen molar-refractivity contribution in [1.29, 1.82) is 0 Å². The van der Waals surface area contributed by atoms with Gasteiger partial charge < -0.3 is 20.6 Å². The highest BCUT2D eigenvalue weighted by molar-refractivity contribution is 7.92. The summed E-state index contributed by atoms with van der Waals surface area (Å²) >= 11 is 0. The molecule has 4 heterocycles. The maximum atomic E-state index is 13.4. The summed E-state index contributed by atoms with van der Waals surface area (Å²) in [5.41, 5.74) is 1.47. The van der Waals surface area contributed by atoms with E-state index in [9.17, 15) is 13.2 Å². The fourth-order valence-corrected chi connectivity index (χ4v) is 6.16. The minimum Gasteiger partial charge on any atom is -0.395 e. The third-order valence-electron chi connectivity index (χ3n) is 7.48. The topological polar surface area (TPSA) is 149 Å². The van der Waals surface area contributed by atoms with Crippen molar-refractivity contribution >= 4 is 39.3 Å². The molecule has 1 atom stereocenters. The van der Waals surface area contributed by atoms with Crippen molar-refractivity contribution in [2.45, 2.75) is 45.4 Å². The average molecular weight is 516 g/mol. The molecule has 0 unspecified atom stereocenters. The second kappa shape index (κ2) is 9.81. The lowest BCUT2D eigenvalue weighted by Gasteiger charge is -2.40. The highest BCUT2D eigenvalue weighted by Crippen LogP contribution is 2.58. The number of pyridine rings is 1. The summed E-state index contributed by atoms with van der Waals surface area (Å²) in [6.45, 7) is 3.66. The fraction of sp³-hybridized carbons (Fsp3) is 0.583. The Labute approximate surface area is 211 Å². The van der Waals surface area contributed by atoms with Gasteiger partial charge in [0.15, 0.2) is 0 Å². The molecule has 1 saturated heterocycles. The SMILES string of the molecule is Cc1cc2nc(n1)NCCCC[C@@H]1CN(CCC13CC3)c1nc(NS(=O)(=O)CCO)ccc1C(=O)N2. The number of aliphatic hydroxyl groups is 1. The molecule has 2 aromatic rings. The van der Waals surface area contributed by atoms with Crippen LogP contribution in [0, 0.1) is 18.3 Å². The lowest BCUT2D eigenvalue weighted by Crippen LogP contribution is -2.43. The average Bonchev–Trinajstić information content (AvgIpc) is 3.59. The summed E-state index contributed by atoms with van der Waals surface area (Å²) in [4.78, 5) is 29.0. The van der Waals surface area contributed by atoms with Crippen LogP contribution in [0.4, 0.5) is 23.4 Å². The number of anilines is 4. The van der Waals surface area contributed by atoms with Crippen LogP contribution in [0.1, 0.15) is 54.6 Å². The molecule has 4 bridgehead atoms. The largest absolute Gasteiger partial charge is 0.395 e. The number of nitrogens with zero attached hydrogens (tertiary/aromatic N) is 4. The zero-order valence-corrected chi connectivity index (χ0v) is 21.3. The zero-order valence-electron chi connectivity index (χ0n) is 20.5. The van der Waals surface area contributed by atoms with Gasteiger partial charge in [0.2, 0.25) is 16.0 Å². The molecular formula is C24H33N7O4S. The predicted octanol–water partition coefficient (Wildman–Crippen LogP) is 2.37. The van der Waals surface area contributed by atoms with Gasteiger partial charge in [0, 0.05) is 31.4 Å². The van der Waals surface area contributed by atoms with Crippen LogP contribution in [0.5, 0.6) is 0 Å². The van der Waals surface area contributed by atoms with Crippen molar-refractivity contribution in [3.8, 4) is 0 Å². The molecule has 1 amide bonds. The van der Waals surface area contributed by atoms with Gasteiger partial charge in [-0.25, -0.2) is 18.4 Å². The Morgan fingerprint density at radius 3 is 2.81 bits per heavy atom. The summed E-state index contributed by atoms with van der Waals surface area (Å²) in [5.74, 6) is 1.14. The standard InChI is InChI=1S/C24H33N7O4S/c1-16-14-20-28-22(33)18-5-6-19(30-36(34,35)13-12-32)27-21(18)31-11-9-24(7-8-24)17(15-31)4-2-3-10-25-23(26-16)29-20/h5-6,14,17,32H,2-4,7-13,15H2,1H3,(H,27,30)(H2,25,26,28,29,33)/t17-/m1/s1. The van der Waals surface area contributed by atoms with Crippen LogP contribution in [0.15, 0.2) is 18.2 Å². The highest BCUT2D eigenvalue weighted by Gasteiger charge is 2.51. The molecule has 0 radical (unpaired) electrons. The molecule has 1 aliphatic carbocycles. The van der Waals surface area contributed by atoms with E-state index in [2.05, 4.69) is 35.2 Å². The van der Waals surface area contributed by atoms with E-state index in [0.717, 1.165) is 51.0 Å². The van der Waals surface area contributed by atoms with Gasteiger partial charge in [0.05, 0.1) is 17.9 Å². The molecule has 4 N–H and O–H groups in total. The zero-order chi connectivity index (χ0) is 25.3. The Bertz CT molecular complexity index is 1250.